The Hall–Kier alpha value is -3.19. The van der Waals surface area contributed by atoms with Crippen molar-refractivity contribution in [3.05, 3.63) is 58.9 Å². The van der Waals surface area contributed by atoms with E-state index in [2.05, 4.69) is 25.3 Å². The van der Waals surface area contributed by atoms with Gasteiger partial charge in [-0.05, 0) is 36.4 Å². The highest BCUT2D eigenvalue weighted by molar-refractivity contribution is 6.31. The standard InChI is InChI=1S/C18H13ClN6O/c19-11-2-3-12-14(8-11)23-18(25-6-5-20-16(12)25)24-17(26)10-1-4-13-15(7-10)22-9-21-13/h1-4,7-9H,5-6H2,(H,21,22)(H,23,24,26). The van der Waals surface area contributed by atoms with Crippen LogP contribution in [0.15, 0.2) is 52.7 Å². The zero-order valence-electron chi connectivity index (χ0n) is 13.5. The number of halogens is 1. The van der Waals surface area contributed by atoms with Gasteiger partial charge < -0.3 is 4.98 Å². The lowest BCUT2D eigenvalue weighted by Crippen LogP contribution is -2.47. The Morgan fingerprint density at radius 2 is 2.15 bits per heavy atom. The molecule has 1 aromatic heterocycles. The van der Waals surface area contributed by atoms with Crippen LogP contribution < -0.4 is 5.32 Å². The quantitative estimate of drug-likeness (QED) is 0.696. The van der Waals surface area contributed by atoms with Crippen LogP contribution in [0.5, 0.6) is 0 Å². The average Bonchev–Trinajstić information content (AvgIpc) is 3.30. The van der Waals surface area contributed by atoms with Crippen LogP contribution in [-0.2, 0) is 0 Å². The van der Waals surface area contributed by atoms with Crippen LogP contribution >= 0.6 is 11.6 Å². The van der Waals surface area contributed by atoms with E-state index in [-0.39, 0.29) is 5.91 Å². The summed E-state index contributed by atoms with van der Waals surface area (Å²) in [4.78, 5) is 31.0. The Kier molecular flexibility index (Phi) is 3.29. The van der Waals surface area contributed by atoms with E-state index in [1.165, 1.54) is 0 Å². The summed E-state index contributed by atoms with van der Waals surface area (Å²) >= 11 is 6.09. The van der Waals surface area contributed by atoms with Crippen molar-refractivity contribution in [3.8, 4) is 0 Å². The zero-order chi connectivity index (χ0) is 17.7. The molecular weight excluding hydrogens is 352 g/mol. The Morgan fingerprint density at radius 3 is 3.08 bits per heavy atom. The number of benzene rings is 2. The first-order valence-electron chi connectivity index (χ1n) is 8.14. The summed E-state index contributed by atoms with van der Waals surface area (Å²) in [7, 11) is 0. The molecule has 5 rings (SSSR count). The summed E-state index contributed by atoms with van der Waals surface area (Å²) in [6.07, 6.45) is 1.60. The largest absolute Gasteiger partial charge is 0.345 e. The van der Waals surface area contributed by atoms with Crippen LogP contribution in [0, 0.1) is 0 Å². The highest BCUT2D eigenvalue weighted by atomic mass is 35.5. The van der Waals surface area contributed by atoms with E-state index < -0.39 is 0 Å². The van der Waals surface area contributed by atoms with Crippen LogP contribution in [-0.4, -0.2) is 45.7 Å². The Bertz CT molecular complexity index is 1120. The van der Waals surface area contributed by atoms with Gasteiger partial charge in [0.15, 0.2) is 0 Å². The number of carbonyl (C=O) groups excluding carboxylic acids is 1. The first-order valence-corrected chi connectivity index (χ1v) is 8.52. The predicted octanol–water partition coefficient (Wildman–Crippen LogP) is 2.71. The number of hydrogen-bond acceptors (Lipinski definition) is 5. The van der Waals surface area contributed by atoms with E-state index in [1.807, 2.05) is 23.1 Å². The lowest BCUT2D eigenvalue weighted by atomic mass is 10.1. The lowest BCUT2D eigenvalue weighted by molar-refractivity contribution is 0.0974. The van der Waals surface area contributed by atoms with Gasteiger partial charge in [-0.3, -0.25) is 20.0 Å². The minimum absolute atomic E-state index is 0.245. The number of aliphatic imine (C=N–C) groups is 2. The number of fused-ring (bicyclic) bond motifs is 4. The molecule has 0 radical (unpaired) electrons. The molecule has 7 nitrogen and oxygen atoms in total. The highest BCUT2D eigenvalue weighted by Crippen LogP contribution is 2.30. The van der Waals surface area contributed by atoms with Gasteiger partial charge in [-0.1, -0.05) is 11.6 Å². The second kappa shape index (κ2) is 5.67. The van der Waals surface area contributed by atoms with Crippen molar-refractivity contribution in [1.29, 1.82) is 0 Å². The van der Waals surface area contributed by atoms with E-state index in [9.17, 15) is 4.79 Å². The van der Waals surface area contributed by atoms with Crippen molar-refractivity contribution in [2.75, 3.05) is 13.1 Å². The molecule has 26 heavy (non-hydrogen) atoms. The highest BCUT2D eigenvalue weighted by Gasteiger charge is 2.30. The normalized spacial score (nSPS) is 15.3. The van der Waals surface area contributed by atoms with Gasteiger partial charge in [-0.25, -0.2) is 9.98 Å². The maximum atomic E-state index is 12.7. The topological polar surface area (TPSA) is 85.7 Å². The second-order valence-corrected chi connectivity index (χ2v) is 6.48. The number of H-pyrrole nitrogens is 1. The fourth-order valence-electron chi connectivity index (χ4n) is 3.19. The number of guanidine groups is 1. The molecule has 0 spiro atoms. The molecule has 3 heterocycles. The molecule has 3 aromatic rings. The van der Waals surface area contributed by atoms with E-state index in [0.29, 0.717) is 35.3 Å². The number of aromatic nitrogens is 2. The third kappa shape index (κ3) is 2.36. The van der Waals surface area contributed by atoms with Gasteiger partial charge in [-0.15, -0.1) is 0 Å². The number of carbonyl (C=O) groups is 1. The molecule has 0 atom stereocenters. The maximum Gasteiger partial charge on any atom is 0.258 e. The van der Waals surface area contributed by atoms with Gasteiger partial charge in [0, 0.05) is 22.7 Å². The summed E-state index contributed by atoms with van der Waals surface area (Å²) in [5.74, 6) is 1.03. The number of nitrogens with one attached hydrogen (secondary N) is 2. The van der Waals surface area contributed by atoms with Crippen LogP contribution in [0.25, 0.3) is 11.0 Å². The molecule has 2 aliphatic heterocycles. The number of amides is 1. The number of aromatic amines is 1. The van der Waals surface area contributed by atoms with E-state index in [4.69, 9.17) is 11.6 Å². The SMILES string of the molecule is O=C(NC1=Nc2cc(Cl)ccc2C2=NCCN12)c1ccc2[nH]cnc2c1. The second-order valence-electron chi connectivity index (χ2n) is 6.04. The van der Waals surface area contributed by atoms with Crippen molar-refractivity contribution >= 4 is 46.0 Å². The van der Waals surface area contributed by atoms with Gasteiger partial charge in [0.25, 0.3) is 5.91 Å². The molecule has 0 bridgehead atoms. The Balaban J connectivity index is 1.51. The molecule has 0 saturated carbocycles. The van der Waals surface area contributed by atoms with Gasteiger partial charge in [0.1, 0.15) is 5.84 Å². The predicted molar refractivity (Wildman–Crippen MR) is 100 cm³/mol. The van der Waals surface area contributed by atoms with Crippen LogP contribution in [0.2, 0.25) is 5.02 Å². The molecular formula is C18H13ClN6O. The molecule has 0 saturated heterocycles. The molecule has 2 aliphatic rings. The molecule has 0 fully saturated rings. The first-order chi connectivity index (χ1) is 12.7. The molecule has 8 heteroatoms. The number of amidine groups is 1. The zero-order valence-corrected chi connectivity index (χ0v) is 14.3. The third-order valence-electron chi connectivity index (χ3n) is 4.43. The lowest BCUT2D eigenvalue weighted by Gasteiger charge is -2.27. The van der Waals surface area contributed by atoms with Crippen molar-refractivity contribution in [2.45, 2.75) is 0 Å². The molecule has 2 N–H and O–H groups in total. The number of rotatable bonds is 1. The van der Waals surface area contributed by atoms with Gasteiger partial charge in [0.2, 0.25) is 5.96 Å². The van der Waals surface area contributed by atoms with Crippen LogP contribution in [0.4, 0.5) is 5.69 Å². The Morgan fingerprint density at radius 1 is 1.23 bits per heavy atom. The molecule has 128 valence electrons. The van der Waals surface area contributed by atoms with E-state index in [0.717, 1.165) is 22.4 Å². The minimum Gasteiger partial charge on any atom is -0.345 e. The van der Waals surface area contributed by atoms with Crippen molar-refractivity contribution in [2.24, 2.45) is 9.98 Å². The number of nitrogens with zero attached hydrogens (tertiary/aromatic N) is 4. The number of imidazole rings is 1. The third-order valence-corrected chi connectivity index (χ3v) is 4.67. The molecule has 0 unspecified atom stereocenters. The van der Waals surface area contributed by atoms with Crippen LogP contribution in [0.1, 0.15) is 15.9 Å². The van der Waals surface area contributed by atoms with E-state index in [1.54, 1.807) is 24.5 Å². The summed E-state index contributed by atoms with van der Waals surface area (Å²) in [5, 5.41) is 3.49. The maximum absolute atomic E-state index is 12.7. The fraction of sp³-hybridized carbons (Fsp3) is 0.111. The monoisotopic (exact) mass is 364 g/mol. The summed E-state index contributed by atoms with van der Waals surface area (Å²) in [6, 6.07) is 10.8. The molecule has 2 aromatic carbocycles. The van der Waals surface area contributed by atoms with Crippen LogP contribution in [0.3, 0.4) is 0 Å². The van der Waals surface area contributed by atoms with E-state index >= 15 is 0 Å². The Labute approximate surface area is 153 Å². The fourth-order valence-corrected chi connectivity index (χ4v) is 3.35. The van der Waals surface area contributed by atoms with Gasteiger partial charge >= 0.3 is 0 Å². The van der Waals surface area contributed by atoms with Crippen molar-refractivity contribution < 1.29 is 4.79 Å². The van der Waals surface area contributed by atoms with Crippen molar-refractivity contribution in [1.82, 2.24) is 20.2 Å². The first kappa shape index (κ1) is 15.1. The van der Waals surface area contributed by atoms with Gasteiger partial charge in [0.05, 0.1) is 29.6 Å². The summed E-state index contributed by atoms with van der Waals surface area (Å²) in [6.45, 7) is 1.33. The smallest absolute Gasteiger partial charge is 0.258 e. The van der Waals surface area contributed by atoms with Gasteiger partial charge in [-0.2, -0.15) is 0 Å². The number of hydrogen-bond donors (Lipinski definition) is 2. The molecule has 0 aliphatic carbocycles. The summed E-state index contributed by atoms with van der Waals surface area (Å²) < 4.78 is 0. The molecule has 1 amide bonds. The van der Waals surface area contributed by atoms with Crippen molar-refractivity contribution in [3.63, 3.8) is 0 Å². The average molecular weight is 365 g/mol. The summed E-state index contributed by atoms with van der Waals surface area (Å²) in [5.41, 5.74) is 3.76. The minimum atomic E-state index is -0.245.